The molecule has 0 aromatic heterocycles. The Morgan fingerprint density at radius 3 is 2.65 bits per heavy atom. The smallest absolute Gasteiger partial charge is 0.303 e. The zero-order valence-corrected chi connectivity index (χ0v) is 11.8. The van der Waals surface area contributed by atoms with Crippen LogP contribution in [0, 0.1) is 5.92 Å². The van der Waals surface area contributed by atoms with Crippen LogP contribution in [0.5, 0.6) is 0 Å². The number of aryl methyl sites for hydroxylation is 2. The molecule has 1 aliphatic rings. The van der Waals surface area contributed by atoms with Gasteiger partial charge >= 0.3 is 5.97 Å². The summed E-state index contributed by atoms with van der Waals surface area (Å²) in [6, 6.07) is 5.89. The van der Waals surface area contributed by atoms with Gasteiger partial charge in [-0.2, -0.15) is 0 Å². The molecule has 1 aromatic rings. The summed E-state index contributed by atoms with van der Waals surface area (Å²) in [5.41, 5.74) is 3.31. The molecule has 0 aliphatic heterocycles. The quantitative estimate of drug-likeness (QED) is 0.867. The molecule has 0 fully saturated rings. The molecule has 0 radical (unpaired) electrons. The third kappa shape index (κ3) is 3.83. The molecule has 0 bridgehead atoms. The van der Waals surface area contributed by atoms with Gasteiger partial charge < -0.3 is 10.4 Å². The fourth-order valence-corrected chi connectivity index (χ4v) is 2.61. The number of carbonyl (C=O) groups is 2. The average Bonchev–Trinajstić information content (AvgIpc) is 2.43. The van der Waals surface area contributed by atoms with Crippen LogP contribution in [-0.4, -0.2) is 23.5 Å². The fraction of sp³-hybridized carbons (Fsp3) is 0.500. The molecular formula is C16H21NO3. The van der Waals surface area contributed by atoms with Crippen LogP contribution in [0.25, 0.3) is 0 Å². The van der Waals surface area contributed by atoms with Gasteiger partial charge in [0.2, 0.25) is 0 Å². The summed E-state index contributed by atoms with van der Waals surface area (Å²) in [5.74, 6) is -1.01. The molecular weight excluding hydrogens is 254 g/mol. The maximum Gasteiger partial charge on any atom is 0.303 e. The van der Waals surface area contributed by atoms with Gasteiger partial charge in [0.1, 0.15) is 0 Å². The molecule has 2 rings (SSSR count). The number of carboxylic acids is 1. The first-order chi connectivity index (χ1) is 9.56. The average molecular weight is 275 g/mol. The second-order valence-corrected chi connectivity index (χ2v) is 5.60. The van der Waals surface area contributed by atoms with Gasteiger partial charge in [0.15, 0.2) is 0 Å². The van der Waals surface area contributed by atoms with E-state index in [2.05, 4.69) is 5.32 Å². The van der Waals surface area contributed by atoms with E-state index in [0.29, 0.717) is 12.1 Å². The highest BCUT2D eigenvalue weighted by atomic mass is 16.4. The van der Waals surface area contributed by atoms with Gasteiger partial charge in [-0.05, 0) is 54.9 Å². The molecule has 1 amide bonds. The molecule has 0 saturated carbocycles. The lowest BCUT2D eigenvalue weighted by atomic mass is 9.90. The maximum absolute atomic E-state index is 12.1. The van der Waals surface area contributed by atoms with E-state index in [1.807, 2.05) is 25.1 Å². The third-order valence-corrected chi connectivity index (χ3v) is 3.74. The number of hydrogen-bond donors (Lipinski definition) is 2. The number of aliphatic carboxylic acids is 1. The van der Waals surface area contributed by atoms with Crippen LogP contribution in [0.1, 0.15) is 47.7 Å². The van der Waals surface area contributed by atoms with E-state index in [9.17, 15) is 9.59 Å². The first-order valence-corrected chi connectivity index (χ1v) is 7.18. The Morgan fingerprint density at radius 2 is 1.95 bits per heavy atom. The molecule has 1 unspecified atom stereocenters. The molecule has 0 saturated heterocycles. The zero-order valence-electron chi connectivity index (χ0n) is 11.8. The van der Waals surface area contributed by atoms with Crippen molar-refractivity contribution < 1.29 is 14.7 Å². The van der Waals surface area contributed by atoms with Crippen LogP contribution in [0.2, 0.25) is 0 Å². The minimum Gasteiger partial charge on any atom is -0.481 e. The third-order valence-electron chi connectivity index (χ3n) is 3.74. The van der Waals surface area contributed by atoms with Gasteiger partial charge in [0, 0.05) is 18.5 Å². The van der Waals surface area contributed by atoms with E-state index in [0.717, 1.165) is 12.8 Å². The molecule has 2 N–H and O–H groups in total. The van der Waals surface area contributed by atoms with E-state index >= 15 is 0 Å². The summed E-state index contributed by atoms with van der Waals surface area (Å²) in [7, 11) is 0. The van der Waals surface area contributed by atoms with E-state index < -0.39 is 5.97 Å². The van der Waals surface area contributed by atoms with Gasteiger partial charge in [0.05, 0.1) is 0 Å². The highest BCUT2D eigenvalue weighted by Crippen LogP contribution is 2.22. The van der Waals surface area contributed by atoms with E-state index in [1.54, 1.807) is 0 Å². The molecule has 1 aliphatic carbocycles. The summed E-state index contributed by atoms with van der Waals surface area (Å²) in [6.45, 7) is 2.21. The second-order valence-electron chi connectivity index (χ2n) is 5.60. The first kappa shape index (κ1) is 14.6. The summed E-state index contributed by atoms with van der Waals surface area (Å²) in [5, 5.41) is 11.5. The summed E-state index contributed by atoms with van der Waals surface area (Å²) >= 11 is 0. The molecule has 1 atom stereocenters. The van der Waals surface area contributed by atoms with Crippen molar-refractivity contribution in [3.05, 3.63) is 34.9 Å². The highest BCUT2D eigenvalue weighted by Gasteiger charge is 2.14. The van der Waals surface area contributed by atoms with Crippen molar-refractivity contribution in [1.29, 1.82) is 0 Å². The fourth-order valence-electron chi connectivity index (χ4n) is 2.61. The minimum absolute atomic E-state index is 0.0610. The number of nitrogens with one attached hydrogen (secondary N) is 1. The number of carboxylic acid groups (broad SMARTS) is 1. The Morgan fingerprint density at radius 1 is 1.25 bits per heavy atom. The van der Waals surface area contributed by atoms with Crippen LogP contribution in [0.3, 0.4) is 0 Å². The number of fused-ring (bicyclic) bond motifs is 1. The summed E-state index contributed by atoms with van der Waals surface area (Å²) < 4.78 is 0. The Bertz CT molecular complexity index is 510. The minimum atomic E-state index is -0.833. The van der Waals surface area contributed by atoms with E-state index in [1.165, 1.54) is 24.0 Å². The van der Waals surface area contributed by atoms with Crippen LogP contribution < -0.4 is 5.32 Å². The monoisotopic (exact) mass is 275 g/mol. The first-order valence-electron chi connectivity index (χ1n) is 7.18. The predicted octanol–water partition coefficient (Wildman–Crippen LogP) is 2.41. The number of carbonyl (C=O) groups excluding carboxylic acids is 1. The summed E-state index contributed by atoms with van der Waals surface area (Å²) in [6.07, 6.45) is 4.64. The van der Waals surface area contributed by atoms with Crippen molar-refractivity contribution in [3.63, 3.8) is 0 Å². The van der Waals surface area contributed by atoms with Crippen LogP contribution >= 0.6 is 0 Å². The zero-order chi connectivity index (χ0) is 14.5. The van der Waals surface area contributed by atoms with Crippen molar-refractivity contribution in [1.82, 2.24) is 5.32 Å². The Hall–Kier alpha value is -1.84. The Kier molecular flexibility index (Phi) is 4.77. The lowest BCUT2D eigenvalue weighted by molar-refractivity contribution is -0.137. The molecule has 108 valence electrons. The maximum atomic E-state index is 12.1. The topological polar surface area (TPSA) is 66.4 Å². The van der Waals surface area contributed by atoms with Crippen molar-refractivity contribution >= 4 is 11.9 Å². The molecule has 4 nitrogen and oxygen atoms in total. The van der Waals surface area contributed by atoms with Crippen molar-refractivity contribution in [2.75, 3.05) is 6.54 Å². The number of hydrogen-bond acceptors (Lipinski definition) is 2. The standard InChI is InChI=1S/C16H21NO3/c1-11(8-15(18)19)10-17-16(20)14-7-6-12-4-2-3-5-13(12)9-14/h6-7,9,11H,2-5,8,10H2,1H3,(H,17,20)(H,18,19). The van der Waals surface area contributed by atoms with Crippen LogP contribution in [0.4, 0.5) is 0 Å². The van der Waals surface area contributed by atoms with Gasteiger partial charge in [-0.15, -0.1) is 0 Å². The number of amides is 1. The molecule has 1 aromatic carbocycles. The Balaban J connectivity index is 1.94. The van der Waals surface area contributed by atoms with Gasteiger partial charge in [0.25, 0.3) is 5.91 Å². The normalized spacial score (nSPS) is 15.2. The largest absolute Gasteiger partial charge is 0.481 e. The second kappa shape index (κ2) is 6.55. The molecule has 0 heterocycles. The van der Waals surface area contributed by atoms with Gasteiger partial charge in [-0.25, -0.2) is 0 Å². The van der Waals surface area contributed by atoms with E-state index in [-0.39, 0.29) is 18.2 Å². The SMILES string of the molecule is CC(CNC(=O)c1ccc2c(c1)CCCC2)CC(=O)O. The molecule has 20 heavy (non-hydrogen) atoms. The predicted molar refractivity (Wildman–Crippen MR) is 76.8 cm³/mol. The van der Waals surface area contributed by atoms with Gasteiger partial charge in [-0.1, -0.05) is 13.0 Å². The molecule has 0 spiro atoms. The van der Waals surface area contributed by atoms with Gasteiger partial charge in [-0.3, -0.25) is 9.59 Å². The number of benzene rings is 1. The highest BCUT2D eigenvalue weighted by molar-refractivity contribution is 5.94. The van der Waals surface area contributed by atoms with Crippen LogP contribution in [0.15, 0.2) is 18.2 Å². The summed E-state index contributed by atoms with van der Waals surface area (Å²) in [4.78, 5) is 22.6. The van der Waals surface area contributed by atoms with E-state index in [4.69, 9.17) is 5.11 Å². The van der Waals surface area contributed by atoms with Crippen LogP contribution in [-0.2, 0) is 17.6 Å². The number of rotatable bonds is 5. The lowest BCUT2D eigenvalue weighted by Crippen LogP contribution is -2.29. The van der Waals surface area contributed by atoms with Crippen molar-refractivity contribution in [2.24, 2.45) is 5.92 Å². The lowest BCUT2D eigenvalue weighted by Gasteiger charge is -2.17. The van der Waals surface area contributed by atoms with Crippen molar-refractivity contribution in [3.8, 4) is 0 Å². The molecule has 4 heteroatoms. The Labute approximate surface area is 119 Å². The van der Waals surface area contributed by atoms with Crippen molar-refractivity contribution in [2.45, 2.75) is 39.0 Å².